The van der Waals surface area contributed by atoms with Gasteiger partial charge in [0.25, 0.3) is 5.90 Å². The van der Waals surface area contributed by atoms with Gasteiger partial charge in [0.15, 0.2) is 5.78 Å². The number of Topliss-reactive ketones (excluding diaryl/α,β-unsaturated/α-hetero) is 1. The topological polar surface area (TPSA) is 51.0 Å². The Morgan fingerprint density at radius 3 is 1.94 bits per heavy atom. The van der Waals surface area contributed by atoms with Crippen LogP contribution in [0.1, 0.15) is 61.7 Å². The van der Waals surface area contributed by atoms with Crippen molar-refractivity contribution in [1.29, 1.82) is 0 Å². The molecule has 0 amide bonds. The van der Waals surface area contributed by atoms with E-state index in [4.69, 9.17) is 4.74 Å². The number of hydrogen-bond donors (Lipinski definition) is 0. The zero-order valence-corrected chi connectivity index (χ0v) is 21.8. The molecule has 192 valence electrons. The first-order valence-electron chi connectivity index (χ1n) is 11.0. The number of aryl methyl sites for hydroxylation is 1. The SMILES string of the molecule is C=C(C)c1cccc(C(C)=O)c1.C=C(OC(=NC)C(F)F)c1ccc(CC)c(F)c1.C=NC.CC. The van der Waals surface area contributed by atoms with Crippen molar-refractivity contribution in [1.82, 2.24) is 0 Å². The molecule has 0 saturated heterocycles. The lowest BCUT2D eigenvalue weighted by molar-refractivity contribution is 0.101. The molecule has 0 aromatic heterocycles. The minimum Gasteiger partial charge on any atom is -0.438 e. The number of carbonyl (C=O) groups excluding carboxylic acids is 1. The number of alkyl halides is 2. The van der Waals surface area contributed by atoms with Crippen molar-refractivity contribution >= 4 is 29.7 Å². The summed E-state index contributed by atoms with van der Waals surface area (Å²) in [6.45, 7) is 19.7. The van der Waals surface area contributed by atoms with Gasteiger partial charge in [0.2, 0.25) is 0 Å². The van der Waals surface area contributed by atoms with Crippen LogP contribution in [0.3, 0.4) is 0 Å². The second-order valence-corrected chi connectivity index (χ2v) is 6.78. The molecule has 4 nitrogen and oxygen atoms in total. The van der Waals surface area contributed by atoms with Crippen LogP contribution in [0.4, 0.5) is 13.2 Å². The average Bonchev–Trinajstić information content (AvgIpc) is 2.84. The standard InChI is InChI=1S/C13H14F3NO.C11H12O.C2H5N.C2H6/c1-4-9-5-6-10(7-11(9)14)8(2)18-13(17-3)12(15)16;1-8(2)10-5-4-6-11(7-10)9(3)12;1-3-2;1-2/h5-7,12H,2,4H2,1,3H3;4-7H,1H2,2-3H3;1H2,2H3;1-2H3. The minimum atomic E-state index is -2.83. The largest absolute Gasteiger partial charge is 0.438 e. The molecular formula is C28H37F3N2O2. The molecule has 0 bridgehead atoms. The number of allylic oxidation sites excluding steroid dienone is 1. The fourth-order valence-corrected chi connectivity index (χ4v) is 2.38. The molecule has 0 heterocycles. The zero-order valence-electron chi connectivity index (χ0n) is 21.8. The van der Waals surface area contributed by atoms with Gasteiger partial charge in [0, 0.05) is 25.2 Å². The summed E-state index contributed by atoms with van der Waals surface area (Å²) >= 11 is 0. The molecule has 0 atom stereocenters. The van der Waals surface area contributed by atoms with E-state index >= 15 is 0 Å². The van der Waals surface area contributed by atoms with Crippen LogP contribution in [0.15, 0.2) is 65.6 Å². The van der Waals surface area contributed by atoms with Gasteiger partial charge in [0.05, 0.1) is 0 Å². The Kier molecular flexibility index (Phi) is 18.2. The molecule has 0 N–H and O–H groups in total. The molecule has 0 aliphatic rings. The molecule has 0 unspecified atom stereocenters. The van der Waals surface area contributed by atoms with E-state index in [9.17, 15) is 18.0 Å². The van der Waals surface area contributed by atoms with E-state index in [0.29, 0.717) is 17.5 Å². The summed E-state index contributed by atoms with van der Waals surface area (Å²) in [7, 11) is 2.83. The Morgan fingerprint density at radius 2 is 1.54 bits per heavy atom. The van der Waals surface area contributed by atoms with Crippen molar-refractivity contribution in [2.45, 2.75) is 47.5 Å². The van der Waals surface area contributed by atoms with Crippen LogP contribution in [-0.2, 0) is 11.2 Å². The van der Waals surface area contributed by atoms with Gasteiger partial charge in [-0.25, -0.2) is 4.39 Å². The number of rotatable bonds is 6. The molecule has 0 fully saturated rings. The maximum Gasteiger partial charge on any atom is 0.312 e. The highest BCUT2D eigenvalue weighted by Crippen LogP contribution is 2.19. The van der Waals surface area contributed by atoms with Crippen molar-refractivity contribution in [2.24, 2.45) is 9.98 Å². The van der Waals surface area contributed by atoms with Crippen LogP contribution in [-0.4, -0.2) is 38.9 Å². The highest BCUT2D eigenvalue weighted by Gasteiger charge is 2.16. The van der Waals surface area contributed by atoms with Crippen LogP contribution in [0.2, 0.25) is 0 Å². The number of carbonyl (C=O) groups is 1. The smallest absolute Gasteiger partial charge is 0.312 e. The summed E-state index contributed by atoms with van der Waals surface area (Å²) in [6.07, 6.45) is -2.27. The van der Waals surface area contributed by atoms with E-state index in [1.54, 1.807) is 26.1 Å². The highest BCUT2D eigenvalue weighted by atomic mass is 19.3. The number of halogens is 3. The third-order valence-electron chi connectivity index (χ3n) is 4.15. The van der Waals surface area contributed by atoms with Crippen molar-refractivity contribution < 1.29 is 22.7 Å². The zero-order chi connectivity index (χ0) is 27.6. The molecule has 2 aromatic rings. The molecule has 0 aliphatic carbocycles. The number of ketones is 1. The molecule has 35 heavy (non-hydrogen) atoms. The van der Waals surface area contributed by atoms with Crippen LogP contribution in [0.25, 0.3) is 11.3 Å². The van der Waals surface area contributed by atoms with Gasteiger partial charge in [-0.2, -0.15) is 8.78 Å². The first-order chi connectivity index (χ1) is 16.5. The average molecular weight is 491 g/mol. The van der Waals surface area contributed by atoms with Crippen LogP contribution < -0.4 is 0 Å². The lowest BCUT2D eigenvalue weighted by atomic mass is 10.0. The fraction of sp³-hybridized carbons (Fsp3) is 0.321. The van der Waals surface area contributed by atoms with Gasteiger partial charge in [0.1, 0.15) is 11.6 Å². The second kappa shape index (κ2) is 18.9. The molecule has 7 heteroatoms. The fourth-order valence-electron chi connectivity index (χ4n) is 2.38. The van der Waals surface area contributed by atoms with Gasteiger partial charge < -0.3 is 9.73 Å². The van der Waals surface area contributed by atoms with Gasteiger partial charge >= 0.3 is 6.43 Å². The molecular weight excluding hydrogens is 453 g/mol. The first kappa shape index (κ1) is 33.7. The Balaban J connectivity index is 0. The predicted molar refractivity (Wildman–Crippen MR) is 143 cm³/mol. The summed E-state index contributed by atoms with van der Waals surface area (Å²) in [5, 5.41) is 0. The second-order valence-electron chi connectivity index (χ2n) is 6.78. The summed E-state index contributed by atoms with van der Waals surface area (Å²) in [5.74, 6) is -1.11. The summed E-state index contributed by atoms with van der Waals surface area (Å²) < 4.78 is 43.1. The van der Waals surface area contributed by atoms with E-state index in [2.05, 4.69) is 29.9 Å². The molecule has 2 rings (SSSR count). The Hall–Kier alpha value is -3.48. The maximum atomic E-state index is 13.5. The monoisotopic (exact) mass is 490 g/mol. The normalized spacial score (nSPS) is 9.86. The maximum absolute atomic E-state index is 13.5. The van der Waals surface area contributed by atoms with Crippen LogP contribution >= 0.6 is 0 Å². The number of ether oxygens (including phenoxy) is 1. The number of hydrogen-bond acceptors (Lipinski definition) is 4. The van der Waals surface area contributed by atoms with E-state index in [0.717, 1.165) is 16.7 Å². The third kappa shape index (κ3) is 13.1. The summed E-state index contributed by atoms with van der Waals surface area (Å²) in [4.78, 5) is 17.5. The van der Waals surface area contributed by atoms with Crippen molar-refractivity contribution in [3.8, 4) is 0 Å². The first-order valence-corrected chi connectivity index (χ1v) is 11.0. The summed E-state index contributed by atoms with van der Waals surface area (Å²) in [6, 6.07) is 11.9. The molecule has 0 radical (unpaired) electrons. The van der Waals surface area contributed by atoms with E-state index < -0.39 is 18.1 Å². The summed E-state index contributed by atoms with van der Waals surface area (Å²) in [5.41, 5.74) is 3.62. The highest BCUT2D eigenvalue weighted by molar-refractivity contribution is 5.94. The Labute approximate surface area is 208 Å². The van der Waals surface area contributed by atoms with Crippen molar-refractivity contribution in [3.05, 3.63) is 83.7 Å². The Bertz CT molecular complexity index is 970. The van der Waals surface area contributed by atoms with Gasteiger partial charge in [-0.15, -0.1) is 0 Å². The van der Waals surface area contributed by atoms with E-state index in [1.807, 2.05) is 52.0 Å². The van der Waals surface area contributed by atoms with Crippen LogP contribution in [0.5, 0.6) is 0 Å². The Morgan fingerprint density at radius 1 is 1.00 bits per heavy atom. The lowest BCUT2D eigenvalue weighted by Gasteiger charge is -2.11. The number of nitrogens with zero attached hydrogens (tertiary/aromatic N) is 2. The van der Waals surface area contributed by atoms with Crippen molar-refractivity contribution in [3.63, 3.8) is 0 Å². The lowest BCUT2D eigenvalue weighted by Crippen LogP contribution is -2.14. The predicted octanol–water partition coefficient (Wildman–Crippen LogP) is 7.93. The van der Waals surface area contributed by atoms with E-state index in [-0.39, 0.29) is 11.5 Å². The number of benzene rings is 2. The quantitative estimate of drug-likeness (QED) is 0.179. The van der Waals surface area contributed by atoms with Crippen molar-refractivity contribution in [2.75, 3.05) is 14.1 Å². The molecule has 0 aliphatic heterocycles. The van der Waals surface area contributed by atoms with Crippen LogP contribution in [0, 0.1) is 5.82 Å². The minimum absolute atomic E-state index is 0.0579. The molecule has 2 aromatic carbocycles. The number of aliphatic imine (C=N–C) groups is 2. The molecule has 0 spiro atoms. The van der Waals surface area contributed by atoms with Gasteiger partial charge in [-0.1, -0.05) is 69.8 Å². The van der Waals surface area contributed by atoms with Gasteiger partial charge in [-0.05, 0) is 50.2 Å². The third-order valence-corrected chi connectivity index (χ3v) is 4.15. The molecule has 0 saturated carbocycles. The van der Waals surface area contributed by atoms with E-state index in [1.165, 1.54) is 13.1 Å². The van der Waals surface area contributed by atoms with Gasteiger partial charge in [-0.3, -0.25) is 9.79 Å².